The lowest BCUT2D eigenvalue weighted by atomic mass is 9.80. The summed E-state index contributed by atoms with van der Waals surface area (Å²) in [6.45, 7) is 9.21. The highest BCUT2D eigenvalue weighted by molar-refractivity contribution is 5.76. The molecule has 18 heavy (non-hydrogen) atoms. The SMILES string of the molecule is C[C@H]1CC[C@@](C)(C(=O)O)CN1C(=O)OC(C)(C)C. The first kappa shape index (κ1) is 14.8. The van der Waals surface area contributed by atoms with Gasteiger partial charge in [0.15, 0.2) is 0 Å². The summed E-state index contributed by atoms with van der Waals surface area (Å²) < 4.78 is 5.31. The highest BCUT2D eigenvalue weighted by atomic mass is 16.6. The number of carboxylic acids is 1. The second-order valence-electron chi connectivity index (χ2n) is 6.36. The smallest absolute Gasteiger partial charge is 0.410 e. The van der Waals surface area contributed by atoms with Crippen molar-refractivity contribution in [2.75, 3.05) is 6.54 Å². The van der Waals surface area contributed by atoms with Gasteiger partial charge in [-0.05, 0) is 47.5 Å². The van der Waals surface area contributed by atoms with Crippen LogP contribution in [0.15, 0.2) is 0 Å². The van der Waals surface area contributed by atoms with Gasteiger partial charge in [-0.15, -0.1) is 0 Å². The van der Waals surface area contributed by atoms with Gasteiger partial charge in [0, 0.05) is 12.6 Å². The Bertz CT molecular complexity index is 347. The second kappa shape index (κ2) is 4.78. The van der Waals surface area contributed by atoms with Gasteiger partial charge in [-0.25, -0.2) is 4.79 Å². The Hall–Kier alpha value is -1.26. The third kappa shape index (κ3) is 3.37. The van der Waals surface area contributed by atoms with Gasteiger partial charge in [-0.1, -0.05) is 0 Å². The van der Waals surface area contributed by atoms with Gasteiger partial charge in [0.2, 0.25) is 0 Å². The largest absolute Gasteiger partial charge is 0.481 e. The summed E-state index contributed by atoms with van der Waals surface area (Å²) in [5.41, 5.74) is -1.43. The average molecular weight is 257 g/mol. The second-order valence-corrected chi connectivity index (χ2v) is 6.36. The van der Waals surface area contributed by atoms with Crippen LogP contribution < -0.4 is 0 Å². The number of nitrogens with zero attached hydrogens (tertiary/aromatic N) is 1. The molecule has 1 fully saturated rings. The molecule has 5 heteroatoms. The summed E-state index contributed by atoms with van der Waals surface area (Å²) >= 11 is 0. The maximum absolute atomic E-state index is 12.0. The Balaban J connectivity index is 2.80. The van der Waals surface area contributed by atoms with Crippen molar-refractivity contribution in [2.45, 2.75) is 59.1 Å². The van der Waals surface area contributed by atoms with Crippen LogP contribution in [0.4, 0.5) is 4.79 Å². The molecule has 104 valence electrons. The fourth-order valence-corrected chi connectivity index (χ4v) is 2.03. The van der Waals surface area contributed by atoms with E-state index in [0.717, 1.165) is 0 Å². The van der Waals surface area contributed by atoms with E-state index in [0.29, 0.717) is 12.8 Å². The van der Waals surface area contributed by atoms with Crippen LogP contribution in [0.5, 0.6) is 0 Å². The van der Waals surface area contributed by atoms with Gasteiger partial charge in [0.05, 0.1) is 5.41 Å². The third-order valence-corrected chi connectivity index (χ3v) is 3.31. The van der Waals surface area contributed by atoms with E-state index in [9.17, 15) is 14.7 Å². The quantitative estimate of drug-likeness (QED) is 0.783. The van der Waals surface area contributed by atoms with Crippen molar-refractivity contribution in [2.24, 2.45) is 5.41 Å². The topological polar surface area (TPSA) is 66.8 Å². The number of hydrogen-bond donors (Lipinski definition) is 1. The standard InChI is InChI=1S/C13H23NO4/c1-9-6-7-13(5,10(15)16)8-14(9)11(17)18-12(2,3)4/h9H,6-8H2,1-5H3,(H,15,16)/t9-,13+/m0/s1. The van der Waals surface area contributed by atoms with Crippen LogP contribution >= 0.6 is 0 Å². The minimum Gasteiger partial charge on any atom is -0.481 e. The molecule has 0 radical (unpaired) electrons. The van der Waals surface area contributed by atoms with Crippen LogP contribution in [0.2, 0.25) is 0 Å². The van der Waals surface area contributed by atoms with Crippen molar-refractivity contribution in [3.05, 3.63) is 0 Å². The highest BCUT2D eigenvalue weighted by Gasteiger charge is 2.43. The Morgan fingerprint density at radius 1 is 1.39 bits per heavy atom. The highest BCUT2D eigenvalue weighted by Crippen LogP contribution is 2.33. The zero-order valence-corrected chi connectivity index (χ0v) is 11.8. The predicted molar refractivity (Wildman–Crippen MR) is 67.4 cm³/mol. The fraction of sp³-hybridized carbons (Fsp3) is 0.846. The van der Waals surface area contributed by atoms with E-state index in [1.165, 1.54) is 4.90 Å². The van der Waals surface area contributed by atoms with Crippen molar-refractivity contribution < 1.29 is 19.4 Å². The van der Waals surface area contributed by atoms with E-state index in [1.807, 2.05) is 6.92 Å². The third-order valence-electron chi connectivity index (χ3n) is 3.31. The van der Waals surface area contributed by atoms with Crippen LogP contribution in [0, 0.1) is 5.41 Å². The average Bonchev–Trinajstić information content (AvgIpc) is 2.19. The molecule has 2 atom stereocenters. The molecule has 0 aromatic heterocycles. The number of amides is 1. The molecule has 0 unspecified atom stereocenters. The van der Waals surface area contributed by atoms with E-state index in [-0.39, 0.29) is 12.6 Å². The fourth-order valence-electron chi connectivity index (χ4n) is 2.03. The summed E-state index contributed by atoms with van der Waals surface area (Å²) in [6.07, 6.45) is 0.840. The van der Waals surface area contributed by atoms with E-state index in [1.54, 1.807) is 27.7 Å². The molecule has 1 aliphatic rings. The Labute approximate surface area is 108 Å². The predicted octanol–water partition coefficient (Wildman–Crippen LogP) is 2.50. The molecule has 0 aliphatic carbocycles. The van der Waals surface area contributed by atoms with Crippen LogP contribution in [0.3, 0.4) is 0 Å². The van der Waals surface area contributed by atoms with Crippen molar-refractivity contribution in [3.63, 3.8) is 0 Å². The number of carbonyl (C=O) groups excluding carboxylic acids is 1. The Morgan fingerprint density at radius 3 is 2.39 bits per heavy atom. The van der Waals surface area contributed by atoms with E-state index >= 15 is 0 Å². The molecule has 1 N–H and O–H groups in total. The number of piperidine rings is 1. The first-order valence-electron chi connectivity index (χ1n) is 6.28. The lowest BCUT2D eigenvalue weighted by Gasteiger charge is -2.42. The number of ether oxygens (including phenoxy) is 1. The number of rotatable bonds is 1. The molecule has 0 spiro atoms. The van der Waals surface area contributed by atoms with Crippen LogP contribution in [-0.2, 0) is 9.53 Å². The van der Waals surface area contributed by atoms with Gasteiger partial charge >= 0.3 is 12.1 Å². The van der Waals surface area contributed by atoms with Crippen LogP contribution in [0.1, 0.15) is 47.5 Å². The van der Waals surface area contributed by atoms with Gasteiger partial charge < -0.3 is 14.7 Å². The number of carboxylic acid groups (broad SMARTS) is 1. The maximum atomic E-state index is 12.0. The number of carbonyl (C=O) groups is 2. The lowest BCUT2D eigenvalue weighted by Crippen LogP contribution is -2.53. The molecule has 1 rings (SSSR count). The summed E-state index contributed by atoms with van der Waals surface area (Å²) in [7, 11) is 0. The van der Waals surface area contributed by atoms with Crippen molar-refractivity contribution in [3.8, 4) is 0 Å². The molecule has 0 saturated carbocycles. The van der Waals surface area contributed by atoms with Crippen molar-refractivity contribution in [1.82, 2.24) is 4.90 Å². The molecule has 5 nitrogen and oxygen atoms in total. The molecule has 1 heterocycles. The minimum atomic E-state index is -0.872. The summed E-state index contributed by atoms with van der Waals surface area (Å²) in [6, 6.07) is 0.0206. The lowest BCUT2D eigenvalue weighted by molar-refractivity contribution is -0.151. The Morgan fingerprint density at radius 2 is 1.94 bits per heavy atom. The first-order valence-corrected chi connectivity index (χ1v) is 6.28. The summed E-state index contributed by atoms with van der Waals surface area (Å²) in [4.78, 5) is 24.8. The maximum Gasteiger partial charge on any atom is 0.410 e. The van der Waals surface area contributed by atoms with Crippen molar-refractivity contribution >= 4 is 12.1 Å². The van der Waals surface area contributed by atoms with E-state index in [2.05, 4.69) is 0 Å². The zero-order valence-electron chi connectivity index (χ0n) is 11.8. The zero-order chi connectivity index (χ0) is 14.1. The Kier molecular flexibility index (Phi) is 3.93. The van der Waals surface area contributed by atoms with Gasteiger partial charge in [-0.2, -0.15) is 0 Å². The summed E-state index contributed by atoms with van der Waals surface area (Å²) in [5.74, 6) is -0.858. The molecule has 1 saturated heterocycles. The number of aliphatic carboxylic acids is 1. The van der Waals surface area contributed by atoms with Gasteiger partial charge in [-0.3, -0.25) is 4.79 Å². The first-order chi connectivity index (χ1) is 8.05. The molecule has 0 aromatic carbocycles. The van der Waals surface area contributed by atoms with E-state index < -0.39 is 23.1 Å². The van der Waals surface area contributed by atoms with Crippen LogP contribution in [0.25, 0.3) is 0 Å². The van der Waals surface area contributed by atoms with Crippen LogP contribution in [-0.4, -0.2) is 40.3 Å². The monoisotopic (exact) mass is 257 g/mol. The van der Waals surface area contributed by atoms with E-state index in [4.69, 9.17) is 4.74 Å². The molecule has 0 bridgehead atoms. The normalized spacial score (nSPS) is 28.9. The molecule has 1 aliphatic heterocycles. The number of hydrogen-bond acceptors (Lipinski definition) is 3. The number of likely N-dealkylation sites (tertiary alicyclic amines) is 1. The van der Waals surface area contributed by atoms with Crippen molar-refractivity contribution in [1.29, 1.82) is 0 Å². The molecular formula is C13H23NO4. The molecular weight excluding hydrogens is 234 g/mol. The molecule has 0 aromatic rings. The minimum absolute atomic E-state index is 0.0206. The summed E-state index contributed by atoms with van der Waals surface area (Å²) in [5, 5.41) is 9.24. The molecule has 1 amide bonds. The van der Waals surface area contributed by atoms with Gasteiger partial charge in [0.25, 0.3) is 0 Å². The van der Waals surface area contributed by atoms with Gasteiger partial charge in [0.1, 0.15) is 5.60 Å².